The summed E-state index contributed by atoms with van der Waals surface area (Å²) in [6.45, 7) is 2.41. The van der Waals surface area contributed by atoms with E-state index in [4.69, 9.17) is 10.8 Å². The van der Waals surface area contributed by atoms with E-state index in [0.717, 1.165) is 39.2 Å². The van der Waals surface area contributed by atoms with Crippen LogP contribution in [0, 0.1) is 12.7 Å². The molecule has 0 saturated heterocycles. The van der Waals surface area contributed by atoms with Gasteiger partial charge in [-0.25, -0.2) is 8.91 Å². The SMILES string of the molecule is Cc1cc(-c2c(-c3ccc(F)cc3)nn3cc(CN)ccc23)ccn1. The van der Waals surface area contributed by atoms with Gasteiger partial charge < -0.3 is 5.73 Å². The fourth-order valence-corrected chi connectivity index (χ4v) is 3.01. The van der Waals surface area contributed by atoms with Crippen LogP contribution in [0.4, 0.5) is 4.39 Å². The van der Waals surface area contributed by atoms with E-state index in [2.05, 4.69) is 4.98 Å². The van der Waals surface area contributed by atoms with Crippen LogP contribution < -0.4 is 5.73 Å². The number of nitrogens with two attached hydrogens (primary N) is 1. The molecule has 0 saturated carbocycles. The molecule has 2 N–H and O–H groups in total. The van der Waals surface area contributed by atoms with E-state index in [9.17, 15) is 4.39 Å². The average molecular weight is 332 g/mol. The molecule has 4 aromatic rings. The highest BCUT2D eigenvalue weighted by Crippen LogP contribution is 2.35. The molecule has 0 aliphatic heterocycles. The molecular formula is C20H17FN4. The van der Waals surface area contributed by atoms with Crippen LogP contribution in [-0.2, 0) is 6.54 Å². The maximum atomic E-state index is 13.3. The lowest BCUT2D eigenvalue weighted by molar-refractivity contribution is 0.628. The van der Waals surface area contributed by atoms with Crippen LogP contribution in [0.5, 0.6) is 0 Å². The smallest absolute Gasteiger partial charge is 0.123 e. The summed E-state index contributed by atoms with van der Waals surface area (Å²) in [6, 6.07) is 14.4. The molecule has 0 unspecified atom stereocenters. The monoisotopic (exact) mass is 332 g/mol. The molecular weight excluding hydrogens is 315 g/mol. The summed E-state index contributed by atoms with van der Waals surface area (Å²) in [5, 5.41) is 4.75. The molecule has 4 nitrogen and oxygen atoms in total. The predicted octanol–water partition coefficient (Wildman–Crippen LogP) is 3.97. The second-order valence-electron chi connectivity index (χ2n) is 5.99. The van der Waals surface area contributed by atoms with Crippen molar-refractivity contribution in [3.8, 4) is 22.4 Å². The van der Waals surface area contributed by atoms with Gasteiger partial charge in [-0.15, -0.1) is 0 Å². The first-order valence-corrected chi connectivity index (χ1v) is 8.06. The lowest BCUT2D eigenvalue weighted by atomic mass is 10.00. The minimum Gasteiger partial charge on any atom is -0.326 e. The van der Waals surface area contributed by atoms with E-state index in [0.29, 0.717) is 6.54 Å². The molecule has 25 heavy (non-hydrogen) atoms. The molecule has 0 radical (unpaired) electrons. The normalized spacial score (nSPS) is 11.2. The lowest BCUT2D eigenvalue weighted by Gasteiger charge is -2.05. The zero-order valence-corrected chi connectivity index (χ0v) is 13.8. The van der Waals surface area contributed by atoms with Crippen molar-refractivity contribution in [3.63, 3.8) is 0 Å². The average Bonchev–Trinajstić information content (AvgIpc) is 3.00. The highest BCUT2D eigenvalue weighted by Gasteiger charge is 2.17. The van der Waals surface area contributed by atoms with Gasteiger partial charge in [0.2, 0.25) is 0 Å². The number of aryl methyl sites for hydroxylation is 1. The van der Waals surface area contributed by atoms with Gasteiger partial charge in [0.05, 0.1) is 5.52 Å². The number of nitrogens with zero attached hydrogens (tertiary/aromatic N) is 3. The molecule has 0 fully saturated rings. The predicted molar refractivity (Wildman–Crippen MR) is 96.4 cm³/mol. The summed E-state index contributed by atoms with van der Waals surface area (Å²) >= 11 is 0. The van der Waals surface area contributed by atoms with Crippen molar-refractivity contribution >= 4 is 5.52 Å². The number of aromatic nitrogens is 3. The van der Waals surface area contributed by atoms with Gasteiger partial charge in [-0.05, 0) is 60.5 Å². The van der Waals surface area contributed by atoms with E-state index >= 15 is 0 Å². The van der Waals surface area contributed by atoms with Crippen LogP contribution in [0.25, 0.3) is 27.9 Å². The number of rotatable bonds is 3. The minimum atomic E-state index is -0.265. The molecule has 0 aliphatic rings. The van der Waals surface area contributed by atoms with Gasteiger partial charge in [-0.1, -0.05) is 6.07 Å². The molecule has 3 aromatic heterocycles. The van der Waals surface area contributed by atoms with E-state index in [1.807, 2.05) is 41.9 Å². The summed E-state index contributed by atoms with van der Waals surface area (Å²) in [6.07, 6.45) is 3.72. The van der Waals surface area contributed by atoms with Crippen molar-refractivity contribution in [1.82, 2.24) is 14.6 Å². The van der Waals surface area contributed by atoms with Gasteiger partial charge in [0.25, 0.3) is 0 Å². The Morgan fingerprint density at radius 2 is 1.84 bits per heavy atom. The van der Waals surface area contributed by atoms with E-state index in [1.165, 1.54) is 12.1 Å². The van der Waals surface area contributed by atoms with Gasteiger partial charge >= 0.3 is 0 Å². The number of halogens is 1. The van der Waals surface area contributed by atoms with Crippen molar-refractivity contribution in [1.29, 1.82) is 0 Å². The summed E-state index contributed by atoms with van der Waals surface area (Å²) in [5.41, 5.74) is 12.4. The van der Waals surface area contributed by atoms with Crippen LogP contribution in [0.15, 0.2) is 60.9 Å². The Balaban J connectivity index is 2.03. The second kappa shape index (κ2) is 6.11. The molecule has 5 heteroatoms. The zero-order chi connectivity index (χ0) is 17.4. The minimum absolute atomic E-state index is 0.265. The Hall–Kier alpha value is -3.05. The zero-order valence-electron chi connectivity index (χ0n) is 13.8. The highest BCUT2D eigenvalue weighted by molar-refractivity contribution is 5.92. The third-order valence-corrected chi connectivity index (χ3v) is 4.23. The number of hydrogen-bond acceptors (Lipinski definition) is 3. The third-order valence-electron chi connectivity index (χ3n) is 4.23. The van der Waals surface area contributed by atoms with Crippen molar-refractivity contribution in [3.05, 3.63) is 78.0 Å². The Morgan fingerprint density at radius 3 is 2.56 bits per heavy atom. The van der Waals surface area contributed by atoms with Gasteiger partial charge in [0.1, 0.15) is 11.5 Å². The summed E-state index contributed by atoms with van der Waals surface area (Å²) in [4.78, 5) is 4.28. The Morgan fingerprint density at radius 1 is 1.04 bits per heavy atom. The summed E-state index contributed by atoms with van der Waals surface area (Å²) in [7, 11) is 0. The molecule has 0 bridgehead atoms. The van der Waals surface area contributed by atoms with Crippen molar-refractivity contribution < 1.29 is 4.39 Å². The molecule has 0 spiro atoms. The number of fused-ring (bicyclic) bond motifs is 1. The van der Waals surface area contributed by atoms with Crippen LogP contribution >= 0.6 is 0 Å². The Labute approximate surface area is 144 Å². The van der Waals surface area contributed by atoms with Gasteiger partial charge in [-0.2, -0.15) is 5.10 Å². The van der Waals surface area contributed by atoms with Crippen LogP contribution in [0.3, 0.4) is 0 Å². The lowest BCUT2D eigenvalue weighted by Crippen LogP contribution is -1.98. The first-order chi connectivity index (χ1) is 12.2. The van der Waals surface area contributed by atoms with Crippen LogP contribution in [0.2, 0.25) is 0 Å². The van der Waals surface area contributed by atoms with E-state index in [-0.39, 0.29) is 5.82 Å². The third kappa shape index (κ3) is 2.79. The van der Waals surface area contributed by atoms with Gasteiger partial charge in [0, 0.05) is 35.8 Å². The quantitative estimate of drug-likeness (QED) is 0.617. The second-order valence-corrected chi connectivity index (χ2v) is 5.99. The Bertz CT molecular complexity index is 1050. The van der Waals surface area contributed by atoms with Crippen molar-refractivity contribution in [2.45, 2.75) is 13.5 Å². The first kappa shape index (κ1) is 15.5. The van der Waals surface area contributed by atoms with E-state index in [1.54, 1.807) is 18.3 Å². The number of benzene rings is 1. The fraction of sp³-hybridized carbons (Fsp3) is 0.100. The largest absolute Gasteiger partial charge is 0.326 e. The van der Waals surface area contributed by atoms with Crippen molar-refractivity contribution in [2.75, 3.05) is 0 Å². The van der Waals surface area contributed by atoms with Crippen LogP contribution in [0.1, 0.15) is 11.3 Å². The van der Waals surface area contributed by atoms with Gasteiger partial charge in [-0.3, -0.25) is 4.98 Å². The molecule has 3 heterocycles. The van der Waals surface area contributed by atoms with E-state index < -0.39 is 0 Å². The Kier molecular flexibility index (Phi) is 3.78. The first-order valence-electron chi connectivity index (χ1n) is 8.06. The molecule has 124 valence electrons. The highest BCUT2D eigenvalue weighted by atomic mass is 19.1. The molecule has 4 rings (SSSR count). The molecule has 1 aromatic carbocycles. The number of pyridine rings is 2. The van der Waals surface area contributed by atoms with Crippen molar-refractivity contribution in [2.24, 2.45) is 5.73 Å². The molecule has 0 amide bonds. The topological polar surface area (TPSA) is 56.2 Å². The summed E-state index contributed by atoms with van der Waals surface area (Å²) in [5.74, 6) is -0.265. The van der Waals surface area contributed by atoms with Crippen LogP contribution in [-0.4, -0.2) is 14.6 Å². The van der Waals surface area contributed by atoms with Gasteiger partial charge in [0.15, 0.2) is 0 Å². The molecule has 0 atom stereocenters. The maximum Gasteiger partial charge on any atom is 0.123 e. The molecule has 0 aliphatic carbocycles. The fourth-order valence-electron chi connectivity index (χ4n) is 3.01. The maximum absolute atomic E-state index is 13.3. The standard InChI is InChI=1S/C20H17FN4/c1-13-10-16(8-9-23-13)19-18-7-2-14(11-22)12-25(18)24-20(19)15-3-5-17(21)6-4-15/h2-10,12H,11,22H2,1H3. The summed E-state index contributed by atoms with van der Waals surface area (Å²) < 4.78 is 15.2. The number of hydrogen-bond donors (Lipinski definition) is 1.